The first kappa shape index (κ1) is 13.1. The summed E-state index contributed by atoms with van der Waals surface area (Å²) in [4.78, 5) is 15.7. The smallest absolute Gasteiger partial charge is 0.194 e. The molecule has 1 unspecified atom stereocenters. The fourth-order valence-electron chi connectivity index (χ4n) is 1.68. The number of nitrogens with zero attached hydrogens (tertiary/aromatic N) is 1. The van der Waals surface area contributed by atoms with Gasteiger partial charge in [0.25, 0.3) is 0 Å². The molecule has 1 aliphatic heterocycles. The van der Waals surface area contributed by atoms with Crippen molar-refractivity contribution in [3.05, 3.63) is 30.1 Å². The topological polar surface area (TPSA) is 54.0 Å². The highest BCUT2D eigenvalue weighted by Gasteiger charge is 2.15. The molecule has 0 aromatic carbocycles. The van der Waals surface area contributed by atoms with Gasteiger partial charge in [-0.2, -0.15) is 0 Å². The van der Waals surface area contributed by atoms with Crippen LogP contribution in [0.15, 0.2) is 24.4 Å². The van der Waals surface area contributed by atoms with Gasteiger partial charge in [0.1, 0.15) is 5.69 Å². The third kappa shape index (κ3) is 3.56. The van der Waals surface area contributed by atoms with E-state index in [4.69, 9.17) is 0 Å². The van der Waals surface area contributed by atoms with Gasteiger partial charge in [-0.25, -0.2) is 0 Å². The van der Waals surface area contributed by atoms with Gasteiger partial charge in [0.05, 0.1) is 6.54 Å². The van der Waals surface area contributed by atoms with Crippen molar-refractivity contribution in [2.45, 2.75) is 12.5 Å². The van der Waals surface area contributed by atoms with E-state index >= 15 is 0 Å². The van der Waals surface area contributed by atoms with Crippen LogP contribution in [0.2, 0.25) is 0 Å². The molecule has 1 fully saturated rings. The lowest BCUT2D eigenvalue weighted by atomic mass is 10.2. The quantitative estimate of drug-likeness (QED) is 0.760. The summed E-state index contributed by atoms with van der Waals surface area (Å²) in [5.74, 6) is 0.0579. The number of hydrogen-bond donors (Lipinski definition) is 2. The van der Waals surface area contributed by atoms with Gasteiger partial charge in [0, 0.05) is 18.8 Å². The summed E-state index contributed by atoms with van der Waals surface area (Å²) in [7, 11) is 0. The van der Waals surface area contributed by atoms with E-state index in [-0.39, 0.29) is 18.2 Å². The molecule has 4 nitrogen and oxygen atoms in total. The van der Waals surface area contributed by atoms with E-state index < -0.39 is 0 Å². The Hall–Kier alpha value is -0.970. The van der Waals surface area contributed by atoms with Gasteiger partial charge < -0.3 is 10.6 Å². The fraction of sp³-hybridized carbons (Fsp3) is 0.455. The van der Waals surface area contributed by atoms with Crippen LogP contribution in [0.3, 0.4) is 0 Å². The molecular formula is C11H16ClN3O. The molecule has 2 rings (SSSR count). The molecule has 2 N–H and O–H groups in total. The van der Waals surface area contributed by atoms with Gasteiger partial charge in [-0.3, -0.25) is 9.78 Å². The average Bonchev–Trinajstić information content (AvgIpc) is 2.80. The molecule has 88 valence electrons. The summed E-state index contributed by atoms with van der Waals surface area (Å²) in [5, 5.41) is 6.47. The minimum Gasteiger partial charge on any atom is -0.315 e. The number of nitrogens with one attached hydrogen (secondary N) is 2. The second-order valence-corrected chi connectivity index (χ2v) is 3.71. The molecule has 5 heteroatoms. The first-order valence-electron chi connectivity index (χ1n) is 5.24. The van der Waals surface area contributed by atoms with E-state index in [2.05, 4.69) is 15.6 Å². The predicted molar refractivity (Wildman–Crippen MR) is 65.1 cm³/mol. The molecule has 0 radical (unpaired) electrons. The SMILES string of the molecule is Cl.O=C(CNC1CCNC1)c1ccccn1. The van der Waals surface area contributed by atoms with Gasteiger partial charge in [-0.15, -0.1) is 12.4 Å². The summed E-state index contributed by atoms with van der Waals surface area (Å²) in [6, 6.07) is 5.82. The number of aromatic nitrogens is 1. The van der Waals surface area contributed by atoms with E-state index in [1.54, 1.807) is 12.3 Å². The molecule has 0 saturated carbocycles. The molecule has 0 amide bonds. The lowest BCUT2D eigenvalue weighted by Gasteiger charge is -2.09. The third-order valence-corrected chi connectivity index (χ3v) is 2.56. The van der Waals surface area contributed by atoms with Crippen LogP contribution >= 0.6 is 12.4 Å². The zero-order valence-electron chi connectivity index (χ0n) is 8.98. The van der Waals surface area contributed by atoms with Crippen molar-refractivity contribution in [3.8, 4) is 0 Å². The Morgan fingerprint density at radius 1 is 1.56 bits per heavy atom. The van der Waals surface area contributed by atoms with E-state index in [1.165, 1.54) is 0 Å². The van der Waals surface area contributed by atoms with E-state index in [9.17, 15) is 4.79 Å². The highest BCUT2D eigenvalue weighted by molar-refractivity contribution is 5.95. The van der Waals surface area contributed by atoms with Crippen molar-refractivity contribution in [2.24, 2.45) is 0 Å². The summed E-state index contributed by atoms with van der Waals surface area (Å²) >= 11 is 0. The number of rotatable bonds is 4. The largest absolute Gasteiger partial charge is 0.315 e. The Kier molecular flexibility index (Phi) is 5.38. The number of hydrogen-bond acceptors (Lipinski definition) is 4. The van der Waals surface area contributed by atoms with Crippen molar-refractivity contribution in [2.75, 3.05) is 19.6 Å². The second kappa shape index (κ2) is 6.58. The van der Waals surface area contributed by atoms with Crippen LogP contribution < -0.4 is 10.6 Å². The first-order chi connectivity index (χ1) is 7.36. The van der Waals surface area contributed by atoms with Gasteiger partial charge in [0.15, 0.2) is 5.78 Å². The molecule has 16 heavy (non-hydrogen) atoms. The maximum absolute atomic E-state index is 11.7. The van der Waals surface area contributed by atoms with Crippen LogP contribution in [0.25, 0.3) is 0 Å². The molecule has 1 aromatic heterocycles. The zero-order valence-corrected chi connectivity index (χ0v) is 9.80. The van der Waals surface area contributed by atoms with E-state index in [0.29, 0.717) is 18.3 Å². The molecular weight excluding hydrogens is 226 g/mol. The van der Waals surface area contributed by atoms with Crippen molar-refractivity contribution in [1.82, 2.24) is 15.6 Å². The standard InChI is InChI=1S/C11H15N3O.ClH/c15-11(10-3-1-2-5-13-10)8-14-9-4-6-12-7-9;/h1-3,5,9,12,14H,4,6-8H2;1H. The van der Waals surface area contributed by atoms with Gasteiger partial charge >= 0.3 is 0 Å². The molecule has 0 spiro atoms. The molecule has 1 aliphatic rings. The lowest BCUT2D eigenvalue weighted by molar-refractivity contribution is 0.0983. The van der Waals surface area contributed by atoms with Gasteiger partial charge in [-0.1, -0.05) is 6.07 Å². The van der Waals surface area contributed by atoms with Crippen LogP contribution in [-0.4, -0.2) is 36.4 Å². The number of halogens is 1. The first-order valence-corrected chi connectivity index (χ1v) is 5.24. The van der Waals surface area contributed by atoms with Gasteiger partial charge in [-0.05, 0) is 25.1 Å². The normalized spacial score (nSPS) is 19.1. The van der Waals surface area contributed by atoms with Crippen molar-refractivity contribution < 1.29 is 4.79 Å². The Labute approximate surface area is 101 Å². The highest BCUT2D eigenvalue weighted by Crippen LogP contribution is 1.98. The molecule has 1 saturated heterocycles. The van der Waals surface area contributed by atoms with E-state index in [0.717, 1.165) is 19.5 Å². The summed E-state index contributed by atoms with van der Waals surface area (Å²) in [5.41, 5.74) is 0.538. The monoisotopic (exact) mass is 241 g/mol. The van der Waals surface area contributed by atoms with E-state index in [1.807, 2.05) is 12.1 Å². The zero-order chi connectivity index (χ0) is 10.5. The minimum atomic E-state index is 0. The highest BCUT2D eigenvalue weighted by atomic mass is 35.5. The Bertz CT molecular complexity index is 325. The summed E-state index contributed by atoms with van der Waals surface area (Å²) in [6.07, 6.45) is 2.74. The molecule has 0 aliphatic carbocycles. The van der Waals surface area contributed by atoms with Crippen LogP contribution in [0.1, 0.15) is 16.9 Å². The number of carbonyl (C=O) groups excluding carboxylic acids is 1. The Morgan fingerprint density at radius 3 is 3.06 bits per heavy atom. The Balaban J connectivity index is 0.00000128. The van der Waals surface area contributed by atoms with Crippen molar-refractivity contribution in [3.63, 3.8) is 0 Å². The fourth-order valence-corrected chi connectivity index (χ4v) is 1.68. The summed E-state index contributed by atoms with van der Waals surface area (Å²) in [6.45, 7) is 2.37. The number of Topliss-reactive ketones (excluding diaryl/α,β-unsaturated/α-hetero) is 1. The van der Waals surface area contributed by atoms with Crippen LogP contribution in [0.5, 0.6) is 0 Å². The second-order valence-electron chi connectivity index (χ2n) is 3.71. The third-order valence-electron chi connectivity index (χ3n) is 2.56. The number of pyridine rings is 1. The lowest BCUT2D eigenvalue weighted by Crippen LogP contribution is -2.35. The van der Waals surface area contributed by atoms with Crippen LogP contribution in [-0.2, 0) is 0 Å². The molecule has 1 atom stereocenters. The maximum atomic E-state index is 11.7. The molecule has 0 bridgehead atoms. The predicted octanol–water partition coefficient (Wildman–Crippen LogP) is 0.638. The number of carbonyl (C=O) groups is 1. The van der Waals surface area contributed by atoms with Gasteiger partial charge in [0.2, 0.25) is 0 Å². The van der Waals surface area contributed by atoms with Crippen LogP contribution in [0.4, 0.5) is 0 Å². The minimum absolute atomic E-state index is 0. The molecule has 2 heterocycles. The van der Waals surface area contributed by atoms with Crippen molar-refractivity contribution in [1.29, 1.82) is 0 Å². The maximum Gasteiger partial charge on any atom is 0.194 e. The number of ketones is 1. The Morgan fingerprint density at radius 2 is 2.44 bits per heavy atom. The summed E-state index contributed by atoms with van der Waals surface area (Å²) < 4.78 is 0. The molecule has 1 aromatic rings. The van der Waals surface area contributed by atoms with Crippen molar-refractivity contribution >= 4 is 18.2 Å². The van der Waals surface area contributed by atoms with Crippen LogP contribution in [0, 0.1) is 0 Å². The average molecular weight is 242 g/mol.